The van der Waals surface area contributed by atoms with Gasteiger partial charge in [-0.2, -0.15) is 14.7 Å². The van der Waals surface area contributed by atoms with Crippen molar-refractivity contribution < 1.29 is 0 Å². The van der Waals surface area contributed by atoms with Crippen molar-refractivity contribution in [3.05, 3.63) is 23.5 Å². The van der Waals surface area contributed by atoms with Crippen LogP contribution in [0.1, 0.15) is 48.9 Å². The van der Waals surface area contributed by atoms with Gasteiger partial charge in [-0.15, -0.1) is 10.2 Å². The molecule has 3 heterocycles. The van der Waals surface area contributed by atoms with Gasteiger partial charge in [0.25, 0.3) is 0 Å². The van der Waals surface area contributed by atoms with E-state index in [0.29, 0.717) is 5.92 Å². The monoisotopic (exact) mass is 303 g/mol. The second kappa shape index (κ2) is 5.51. The SMILES string of the molecule is c1ncn(CCCc2nn3c(C4CCCC4)nnc3s2)n1. The lowest BCUT2D eigenvalue weighted by molar-refractivity contribution is 0.572. The summed E-state index contributed by atoms with van der Waals surface area (Å²) in [5.41, 5.74) is 0. The van der Waals surface area contributed by atoms with E-state index >= 15 is 0 Å². The molecule has 1 fully saturated rings. The lowest BCUT2D eigenvalue weighted by atomic mass is 10.1. The molecular formula is C13H17N7S. The molecule has 21 heavy (non-hydrogen) atoms. The first-order valence-corrected chi connectivity index (χ1v) is 8.25. The van der Waals surface area contributed by atoms with Crippen molar-refractivity contribution in [2.75, 3.05) is 0 Å². The molecule has 1 saturated carbocycles. The predicted octanol–water partition coefficient (Wildman–Crippen LogP) is 2.07. The second-order valence-corrected chi connectivity index (χ2v) is 6.53. The average Bonchev–Trinajstić information content (AvgIpc) is 3.24. The molecule has 0 aromatic carbocycles. The molecule has 0 spiro atoms. The summed E-state index contributed by atoms with van der Waals surface area (Å²) in [6, 6.07) is 0. The Labute approximate surface area is 126 Å². The van der Waals surface area contributed by atoms with Gasteiger partial charge >= 0.3 is 0 Å². The topological polar surface area (TPSA) is 73.8 Å². The van der Waals surface area contributed by atoms with Gasteiger partial charge < -0.3 is 0 Å². The number of aryl methyl sites for hydroxylation is 2. The van der Waals surface area contributed by atoms with Gasteiger partial charge in [-0.1, -0.05) is 24.2 Å². The number of hydrogen-bond acceptors (Lipinski definition) is 6. The molecule has 0 aliphatic heterocycles. The van der Waals surface area contributed by atoms with E-state index < -0.39 is 0 Å². The zero-order valence-electron chi connectivity index (χ0n) is 11.7. The van der Waals surface area contributed by atoms with E-state index in [1.54, 1.807) is 24.0 Å². The molecule has 0 bridgehead atoms. The van der Waals surface area contributed by atoms with Crippen molar-refractivity contribution in [1.82, 2.24) is 34.6 Å². The van der Waals surface area contributed by atoms with E-state index in [1.807, 2.05) is 9.20 Å². The molecular weight excluding hydrogens is 286 g/mol. The van der Waals surface area contributed by atoms with Gasteiger partial charge in [0, 0.05) is 18.9 Å². The van der Waals surface area contributed by atoms with E-state index in [-0.39, 0.29) is 0 Å². The van der Waals surface area contributed by atoms with E-state index in [0.717, 1.165) is 35.2 Å². The zero-order chi connectivity index (χ0) is 14.1. The third-order valence-electron chi connectivity index (χ3n) is 4.02. The highest BCUT2D eigenvalue weighted by atomic mass is 32.1. The Bertz CT molecular complexity index is 708. The van der Waals surface area contributed by atoms with Crippen LogP contribution >= 0.6 is 11.3 Å². The van der Waals surface area contributed by atoms with Crippen molar-refractivity contribution in [2.45, 2.75) is 51.0 Å². The first-order chi connectivity index (χ1) is 10.4. The van der Waals surface area contributed by atoms with E-state index in [4.69, 9.17) is 5.10 Å². The Kier molecular flexibility index (Phi) is 3.38. The lowest BCUT2D eigenvalue weighted by Gasteiger charge is -2.03. The highest BCUT2D eigenvalue weighted by Crippen LogP contribution is 2.33. The summed E-state index contributed by atoms with van der Waals surface area (Å²) in [5.74, 6) is 1.60. The molecule has 8 heteroatoms. The normalized spacial score (nSPS) is 16.2. The van der Waals surface area contributed by atoms with Gasteiger partial charge in [0.15, 0.2) is 5.82 Å². The summed E-state index contributed by atoms with van der Waals surface area (Å²) in [6.07, 6.45) is 10.3. The highest BCUT2D eigenvalue weighted by Gasteiger charge is 2.23. The minimum Gasteiger partial charge on any atom is -0.253 e. The van der Waals surface area contributed by atoms with Crippen LogP contribution in [0.4, 0.5) is 0 Å². The van der Waals surface area contributed by atoms with E-state index in [1.165, 1.54) is 25.7 Å². The van der Waals surface area contributed by atoms with Crippen LogP contribution in [0.15, 0.2) is 12.7 Å². The molecule has 0 saturated heterocycles. The molecule has 1 aliphatic carbocycles. The Morgan fingerprint density at radius 2 is 2.14 bits per heavy atom. The number of fused-ring (bicyclic) bond motifs is 1. The molecule has 0 N–H and O–H groups in total. The Balaban J connectivity index is 1.46. The quantitative estimate of drug-likeness (QED) is 0.721. The Morgan fingerprint density at radius 3 is 2.95 bits per heavy atom. The van der Waals surface area contributed by atoms with E-state index in [9.17, 15) is 0 Å². The summed E-state index contributed by atoms with van der Waals surface area (Å²) >= 11 is 1.65. The van der Waals surface area contributed by atoms with Crippen molar-refractivity contribution in [3.63, 3.8) is 0 Å². The minimum atomic E-state index is 0.546. The van der Waals surface area contributed by atoms with Crippen molar-refractivity contribution in [3.8, 4) is 0 Å². The van der Waals surface area contributed by atoms with Gasteiger partial charge in [0.05, 0.1) is 0 Å². The Morgan fingerprint density at radius 1 is 1.24 bits per heavy atom. The molecule has 0 amide bonds. The Hall–Kier alpha value is -1.83. The molecule has 7 nitrogen and oxygen atoms in total. The molecule has 0 radical (unpaired) electrons. The lowest BCUT2D eigenvalue weighted by Crippen LogP contribution is -2.03. The van der Waals surface area contributed by atoms with Gasteiger partial charge in [-0.05, 0) is 19.3 Å². The number of nitrogens with zero attached hydrogens (tertiary/aromatic N) is 7. The number of aromatic nitrogens is 7. The summed E-state index contributed by atoms with van der Waals surface area (Å²) in [6.45, 7) is 0.871. The fourth-order valence-corrected chi connectivity index (χ4v) is 3.83. The third-order valence-corrected chi connectivity index (χ3v) is 4.98. The first-order valence-electron chi connectivity index (χ1n) is 7.43. The summed E-state index contributed by atoms with van der Waals surface area (Å²) in [4.78, 5) is 4.87. The number of rotatable bonds is 5. The third kappa shape index (κ3) is 2.55. The molecule has 1 aliphatic rings. The molecule has 0 atom stereocenters. The van der Waals surface area contributed by atoms with Gasteiger partial charge in [-0.25, -0.2) is 4.98 Å². The highest BCUT2D eigenvalue weighted by molar-refractivity contribution is 7.16. The van der Waals surface area contributed by atoms with Crippen LogP contribution in [0.3, 0.4) is 0 Å². The number of hydrogen-bond donors (Lipinski definition) is 0. The van der Waals surface area contributed by atoms with Crippen LogP contribution in [-0.4, -0.2) is 34.6 Å². The minimum absolute atomic E-state index is 0.546. The van der Waals surface area contributed by atoms with E-state index in [2.05, 4.69) is 20.3 Å². The molecule has 110 valence electrons. The second-order valence-electron chi connectivity index (χ2n) is 5.49. The van der Waals surface area contributed by atoms with Gasteiger partial charge in [0.2, 0.25) is 4.96 Å². The molecule has 4 rings (SSSR count). The molecule has 3 aromatic rings. The van der Waals surface area contributed by atoms with Crippen LogP contribution in [0.5, 0.6) is 0 Å². The molecule has 3 aromatic heterocycles. The smallest absolute Gasteiger partial charge is 0.234 e. The fourth-order valence-electron chi connectivity index (χ4n) is 2.95. The van der Waals surface area contributed by atoms with Crippen LogP contribution in [0.25, 0.3) is 4.96 Å². The van der Waals surface area contributed by atoms with Gasteiger partial charge in [-0.3, -0.25) is 4.68 Å². The first kappa shape index (κ1) is 12.9. The summed E-state index contributed by atoms with van der Waals surface area (Å²) in [7, 11) is 0. The van der Waals surface area contributed by atoms with Crippen molar-refractivity contribution >= 4 is 16.3 Å². The summed E-state index contributed by atoms with van der Waals surface area (Å²) in [5, 5.41) is 18.6. The summed E-state index contributed by atoms with van der Waals surface area (Å²) < 4.78 is 3.82. The maximum Gasteiger partial charge on any atom is 0.234 e. The predicted molar refractivity (Wildman–Crippen MR) is 78.2 cm³/mol. The van der Waals surface area contributed by atoms with Crippen LogP contribution in [0.2, 0.25) is 0 Å². The van der Waals surface area contributed by atoms with Crippen LogP contribution < -0.4 is 0 Å². The van der Waals surface area contributed by atoms with Crippen LogP contribution in [0, 0.1) is 0 Å². The standard InChI is InChI=1S/C13H17N7S/c1-2-5-10(4-1)12-16-17-13-20(12)18-11(21-13)6-3-7-19-9-14-8-15-19/h8-10H,1-7H2. The van der Waals surface area contributed by atoms with Gasteiger partial charge in [0.1, 0.15) is 17.7 Å². The maximum atomic E-state index is 4.70. The molecule has 0 unspecified atom stereocenters. The largest absolute Gasteiger partial charge is 0.253 e. The maximum absolute atomic E-state index is 4.70. The zero-order valence-corrected chi connectivity index (χ0v) is 12.5. The fraction of sp³-hybridized carbons (Fsp3) is 0.615. The van der Waals surface area contributed by atoms with Crippen molar-refractivity contribution in [2.24, 2.45) is 0 Å². The van der Waals surface area contributed by atoms with Crippen LogP contribution in [-0.2, 0) is 13.0 Å². The van der Waals surface area contributed by atoms with Crippen molar-refractivity contribution in [1.29, 1.82) is 0 Å². The average molecular weight is 303 g/mol.